The maximum atomic E-state index is 11.9. The lowest BCUT2D eigenvalue weighted by atomic mass is 10.1. The van der Waals surface area contributed by atoms with Crippen molar-refractivity contribution in [3.05, 3.63) is 71.8 Å². The van der Waals surface area contributed by atoms with Crippen LogP contribution in [0.2, 0.25) is 1.41 Å². The fourth-order valence-electron chi connectivity index (χ4n) is 1.87. The Kier molecular flexibility index (Phi) is 4.99. The molecule has 0 saturated heterocycles. The van der Waals surface area contributed by atoms with E-state index in [1.807, 2.05) is 60.7 Å². The number of carbonyl (C=O) groups is 2. The number of amides is 1. The molecule has 2 rings (SSSR count). The number of carbonyl (C=O) groups excluding carboxylic acids is 2. The normalized spacial score (nSPS) is 12.1. The van der Waals surface area contributed by atoms with Crippen LogP contribution in [0, 0.1) is 0 Å². The highest BCUT2D eigenvalue weighted by Crippen LogP contribution is 2.03. The first-order chi connectivity index (χ1) is 10.7. The molecule has 0 aliphatic rings. The van der Waals surface area contributed by atoms with Crippen LogP contribution < -0.4 is 5.31 Å². The Labute approximate surface area is 125 Å². The molecule has 1 atom stereocenters. The molecule has 2 aromatic carbocycles. The minimum absolute atomic E-state index is 0.0754. The molecular weight excluding hydrogens is 266 g/mol. The van der Waals surface area contributed by atoms with Crippen molar-refractivity contribution in [3.63, 3.8) is 0 Å². The zero-order valence-corrected chi connectivity index (χ0v) is 11.5. The Morgan fingerprint density at radius 1 is 1.10 bits per heavy atom. The number of aldehydes is 1. The SMILES string of the molecule is [2H]N(C(=O)OCc1ccccc1)[C@H](C=O)Cc1ccccc1. The summed E-state index contributed by atoms with van der Waals surface area (Å²) in [6, 6.07) is 17.6. The molecule has 0 aliphatic carbocycles. The van der Waals surface area contributed by atoms with E-state index in [1.54, 1.807) is 0 Å². The van der Waals surface area contributed by atoms with Crippen molar-refractivity contribution in [1.82, 2.24) is 5.31 Å². The van der Waals surface area contributed by atoms with Crippen LogP contribution in [-0.2, 0) is 22.6 Å². The van der Waals surface area contributed by atoms with E-state index in [0.29, 0.717) is 11.6 Å². The quantitative estimate of drug-likeness (QED) is 0.830. The van der Waals surface area contributed by atoms with E-state index in [4.69, 9.17) is 6.15 Å². The Morgan fingerprint density at radius 3 is 2.24 bits per heavy atom. The van der Waals surface area contributed by atoms with E-state index >= 15 is 0 Å². The molecule has 0 saturated carbocycles. The van der Waals surface area contributed by atoms with E-state index in [9.17, 15) is 9.59 Å². The highest BCUT2D eigenvalue weighted by Gasteiger charge is 2.12. The number of nitrogens with one attached hydrogen (secondary N) is 1. The molecule has 0 aromatic heterocycles. The van der Waals surface area contributed by atoms with Crippen LogP contribution in [0.1, 0.15) is 11.1 Å². The van der Waals surface area contributed by atoms with Crippen LogP contribution in [0.5, 0.6) is 0 Å². The van der Waals surface area contributed by atoms with Gasteiger partial charge in [-0.3, -0.25) is 0 Å². The van der Waals surface area contributed by atoms with Crippen LogP contribution in [0.3, 0.4) is 0 Å². The lowest BCUT2D eigenvalue weighted by Gasteiger charge is -2.13. The van der Waals surface area contributed by atoms with E-state index in [2.05, 4.69) is 0 Å². The van der Waals surface area contributed by atoms with Gasteiger partial charge in [0.2, 0.25) is 0 Å². The minimum Gasteiger partial charge on any atom is -0.445 e. The first-order valence-corrected chi connectivity index (χ1v) is 6.68. The molecule has 1 N–H and O–H groups in total. The molecule has 0 radical (unpaired) electrons. The van der Waals surface area contributed by atoms with Crippen molar-refractivity contribution in [2.75, 3.05) is 0 Å². The summed E-state index contributed by atoms with van der Waals surface area (Å²) in [6.45, 7) is 0.0754. The van der Waals surface area contributed by atoms with Crippen molar-refractivity contribution in [3.8, 4) is 0 Å². The third-order valence-corrected chi connectivity index (χ3v) is 2.92. The molecule has 0 spiro atoms. The minimum atomic E-state index is -0.870. The number of rotatable bonds is 6. The smallest absolute Gasteiger partial charge is 0.408 e. The zero-order valence-electron chi connectivity index (χ0n) is 12.5. The second-order valence-electron chi connectivity index (χ2n) is 4.56. The van der Waals surface area contributed by atoms with Crippen LogP contribution in [-0.4, -0.2) is 18.4 Å². The lowest BCUT2D eigenvalue weighted by molar-refractivity contribution is -0.109. The topological polar surface area (TPSA) is 55.4 Å². The molecular formula is C17H17NO3. The van der Waals surface area contributed by atoms with E-state index in [1.165, 1.54) is 0 Å². The number of ether oxygens (including phenoxy) is 1. The van der Waals surface area contributed by atoms with Gasteiger partial charge < -0.3 is 14.8 Å². The second kappa shape index (κ2) is 7.85. The molecule has 0 bridgehead atoms. The molecule has 4 nitrogen and oxygen atoms in total. The third kappa shape index (κ3) is 5.10. The summed E-state index contributed by atoms with van der Waals surface area (Å²) in [5.74, 6) is 0. The number of benzene rings is 2. The molecule has 0 aliphatic heterocycles. The highest BCUT2D eigenvalue weighted by molar-refractivity contribution is 5.73. The van der Waals surface area contributed by atoms with E-state index in [-0.39, 0.29) is 13.0 Å². The predicted molar refractivity (Wildman–Crippen MR) is 79.8 cm³/mol. The van der Waals surface area contributed by atoms with Crippen molar-refractivity contribution >= 4 is 12.4 Å². The summed E-state index contributed by atoms with van der Waals surface area (Å²) in [6.07, 6.45) is 0.0369. The lowest BCUT2D eigenvalue weighted by Crippen LogP contribution is -2.37. The van der Waals surface area contributed by atoms with Crippen LogP contribution in [0.25, 0.3) is 0 Å². The van der Waals surface area contributed by atoms with Crippen LogP contribution in [0.15, 0.2) is 60.7 Å². The molecule has 0 fully saturated rings. The molecule has 4 heteroatoms. The Hall–Kier alpha value is -2.62. The van der Waals surface area contributed by atoms with Gasteiger partial charge in [0.15, 0.2) is 1.41 Å². The summed E-state index contributed by atoms with van der Waals surface area (Å²) in [5, 5.41) is 0.586. The average molecular weight is 284 g/mol. The molecule has 2 aromatic rings. The van der Waals surface area contributed by atoms with Crippen molar-refractivity contribution in [2.45, 2.75) is 19.1 Å². The van der Waals surface area contributed by atoms with Gasteiger partial charge in [-0.25, -0.2) is 4.79 Å². The maximum absolute atomic E-state index is 11.9. The van der Waals surface area contributed by atoms with Crippen molar-refractivity contribution in [2.24, 2.45) is 0 Å². The third-order valence-electron chi connectivity index (χ3n) is 2.92. The molecule has 21 heavy (non-hydrogen) atoms. The van der Waals surface area contributed by atoms with Gasteiger partial charge in [-0.05, 0) is 17.5 Å². The summed E-state index contributed by atoms with van der Waals surface area (Å²) < 4.78 is 12.8. The Bertz CT molecular complexity index is 604. The maximum Gasteiger partial charge on any atom is 0.408 e. The number of alkyl carbamates (subject to hydrolysis) is 1. The summed E-state index contributed by atoms with van der Waals surface area (Å²) >= 11 is 0. The fourth-order valence-corrected chi connectivity index (χ4v) is 1.87. The second-order valence-corrected chi connectivity index (χ2v) is 4.56. The van der Waals surface area contributed by atoms with Crippen molar-refractivity contribution < 1.29 is 15.7 Å². The van der Waals surface area contributed by atoms with Gasteiger partial charge in [-0.2, -0.15) is 0 Å². The molecule has 0 heterocycles. The number of hydrogen-bond donors (Lipinski definition) is 1. The first kappa shape index (κ1) is 13.4. The average Bonchev–Trinajstić information content (AvgIpc) is 2.58. The highest BCUT2D eigenvalue weighted by atomic mass is 16.5. The summed E-state index contributed by atoms with van der Waals surface area (Å²) in [4.78, 5) is 23.0. The van der Waals surface area contributed by atoms with Gasteiger partial charge in [-0.15, -0.1) is 0 Å². The fraction of sp³-hybridized carbons (Fsp3) is 0.176. The van der Waals surface area contributed by atoms with E-state index < -0.39 is 12.1 Å². The van der Waals surface area contributed by atoms with Gasteiger partial charge in [0.25, 0.3) is 0 Å². The molecule has 0 unspecified atom stereocenters. The summed E-state index contributed by atoms with van der Waals surface area (Å²) in [7, 11) is 0. The Morgan fingerprint density at radius 2 is 1.67 bits per heavy atom. The van der Waals surface area contributed by atoms with Gasteiger partial charge in [-0.1, -0.05) is 60.7 Å². The summed E-state index contributed by atoms with van der Waals surface area (Å²) in [5.41, 5.74) is 1.71. The monoisotopic (exact) mass is 284 g/mol. The van der Waals surface area contributed by atoms with E-state index in [0.717, 1.165) is 11.1 Å². The first-order valence-electron chi connectivity index (χ1n) is 7.13. The zero-order chi connectivity index (χ0) is 15.8. The largest absolute Gasteiger partial charge is 0.445 e. The van der Waals surface area contributed by atoms with Gasteiger partial charge in [0, 0.05) is 0 Å². The molecule has 1 amide bonds. The van der Waals surface area contributed by atoms with Gasteiger partial charge >= 0.3 is 6.09 Å². The standard InChI is InChI=1S/C17H17NO3/c19-12-16(11-14-7-3-1-4-8-14)18-17(20)21-13-15-9-5-2-6-10-15/h1-10,12,16H,11,13H2,(H,18,20)/t16-/m0/s1/i/hD. The van der Waals surface area contributed by atoms with Crippen LogP contribution in [0.4, 0.5) is 4.79 Å². The van der Waals surface area contributed by atoms with Gasteiger partial charge in [0.1, 0.15) is 12.9 Å². The predicted octanol–water partition coefficient (Wildman–Crippen LogP) is 2.72. The van der Waals surface area contributed by atoms with Gasteiger partial charge in [0.05, 0.1) is 6.04 Å². The van der Waals surface area contributed by atoms with Crippen molar-refractivity contribution in [1.29, 1.82) is 0 Å². The molecule has 108 valence electrons. The Balaban J connectivity index is 1.91. The van der Waals surface area contributed by atoms with Crippen LogP contribution >= 0.6 is 0 Å². The number of hydrogen-bond acceptors (Lipinski definition) is 3.